The number of thiazole rings is 1. The summed E-state index contributed by atoms with van der Waals surface area (Å²) in [5.41, 5.74) is 0. The molecule has 2 aliphatic rings. The number of esters is 1. The molecule has 1 aromatic heterocycles. The first kappa shape index (κ1) is 12.2. The number of aromatic nitrogens is 1. The van der Waals surface area contributed by atoms with Crippen LogP contribution in [0.15, 0.2) is 0 Å². The van der Waals surface area contributed by atoms with Gasteiger partial charge in [-0.25, -0.2) is 9.78 Å². The number of rotatable bonds is 5. The highest BCUT2D eigenvalue weighted by Gasteiger charge is 2.36. The Morgan fingerprint density at radius 1 is 1.50 bits per heavy atom. The summed E-state index contributed by atoms with van der Waals surface area (Å²) < 4.78 is 4.71. The first-order chi connectivity index (χ1) is 8.69. The molecule has 0 bridgehead atoms. The molecule has 0 spiro atoms. The van der Waals surface area contributed by atoms with E-state index in [0.717, 1.165) is 17.6 Å². The average molecular weight is 287 g/mol. The highest BCUT2D eigenvalue weighted by atomic mass is 35.5. The van der Waals surface area contributed by atoms with Crippen molar-refractivity contribution in [3.05, 3.63) is 10.0 Å². The summed E-state index contributed by atoms with van der Waals surface area (Å²) in [4.78, 5) is 18.6. The minimum absolute atomic E-state index is 0.267. The van der Waals surface area contributed by atoms with Crippen LogP contribution in [0.5, 0.6) is 0 Å². The molecule has 0 unspecified atom stereocenters. The van der Waals surface area contributed by atoms with Crippen LogP contribution >= 0.6 is 22.9 Å². The summed E-state index contributed by atoms with van der Waals surface area (Å²) in [6.07, 6.45) is 5.06. The Hall–Kier alpha value is -0.810. The van der Waals surface area contributed by atoms with E-state index in [9.17, 15) is 4.79 Å². The van der Waals surface area contributed by atoms with Gasteiger partial charge >= 0.3 is 5.97 Å². The topological polar surface area (TPSA) is 42.4 Å². The van der Waals surface area contributed by atoms with Crippen LogP contribution in [0, 0.1) is 5.92 Å². The zero-order chi connectivity index (χ0) is 12.7. The van der Waals surface area contributed by atoms with Gasteiger partial charge in [0.1, 0.15) is 0 Å². The van der Waals surface area contributed by atoms with Gasteiger partial charge in [-0.1, -0.05) is 22.9 Å². The lowest BCUT2D eigenvalue weighted by Gasteiger charge is -2.20. The predicted octanol–water partition coefficient (Wildman–Crippen LogP) is 2.96. The minimum Gasteiger partial charge on any atom is -0.465 e. The lowest BCUT2D eigenvalue weighted by molar-refractivity contribution is 0.0606. The summed E-state index contributed by atoms with van der Waals surface area (Å²) in [5, 5.41) is 1.14. The Bertz CT molecular complexity index is 469. The number of ether oxygens (including phenoxy) is 1. The Morgan fingerprint density at radius 3 is 2.78 bits per heavy atom. The van der Waals surface area contributed by atoms with E-state index >= 15 is 0 Å². The van der Waals surface area contributed by atoms with Crippen LogP contribution in [-0.2, 0) is 4.74 Å². The van der Waals surface area contributed by atoms with E-state index in [2.05, 4.69) is 9.88 Å². The van der Waals surface area contributed by atoms with E-state index in [4.69, 9.17) is 16.3 Å². The van der Waals surface area contributed by atoms with Gasteiger partial charge in [-0.3, -0.25) is 0 Å². The van der Waals surface area contributed by atoms with Crippen molar-refractivity contribution in [2.24, 2.45) is 5.92 Å². The third-order valence-electron chi connectivity index (χ3n) is 3.33. The number of halogens is 1. The number of hydrogen-bond acceptors (Lipinski definition) is 5. The Labute approximate surface area is 115 Å². The monoisotopic (exact) mass is 286 g/mol. The normalized spacial score (nSPS) is 18.8. The molecule has 2 aliphatic carbocycles. The molecule has 98 valence electrons. The summed E-state index contributed by atoms with van der Waals surface area (Å²) in [6, 6.07) is 0.596. The second-order valence-corrected chi connectivity index (χ2v) is 6.27. The molecular formula is C12H15ClN2O2S. The molecule has 1 aromatic rings. The first-order valence-electron chi connectivity index (χ1n) is 6.20. The van der Waals surface area contributed by atoms with Gasteiger partial charge in [-0.15, -0.1) is 0 Å². The van der Waals surface area contributed by atoms with Crippen LogP contribution in [0.2, 0.25) is 5.15 Å². The zero-order valence-electron chi connectivity index (χ0n) is 10.2. The van der Waals surface area contributed by atoms with Crippen molar-refractivity contribution in [1.82, 2.24) is 4.98 Å². The van der Waals surface area contributed by atoms with Crippen LogP contribution < -0.4 is 4.90 Å². The van der Waals surface area contributed by atoms with Crippen LogP contribution in [0.1, 0.15) is 35.4 Å². The van der Waals surface area contributed by atoms with E-state index in [1.165, 1.54) is 44.1 Å². The van der Waals surface area contributed by atoms with Gasteiger partial charge in [0.15, 0.2) is 15.2 Å². The van der Waals surface area contributed by atoms with E-state index in [1.54, 1.807) is 0 Å². The van der Waals surface area contributed by atoms with Gasteiger partial charge in [-0.05, 0) is 31.6 Å². The van der Waals surface area contributed by atoms with Gasteiger partial charge in [0.05, 0.1) is 7.11 Å². The number of methoxy groups -OCH3 is 1. The summed E-state index contributed by atoms with van der Waals surface area (Å²) in [5.74, 6) is 0.403. The fraction of sp³-hybridized carbons (Fsp3) is 0.667. The van der Waals surface area contributed by atoms with Crippen LogP contribution in [-0.4, -0.2) is 30.6 Å². The van der Waals surface area contributed by atoms with Crippen LogP contribution in [0.25, 0.3) is 0 Å². The maximum Gasteiger partial charge on any atom is 0.351 e. The second kappa shape index (κ2) is 4.70. The molecule has 0 aromatic carbocycles. The quantitative estimate of drug-likeness (QED) is 0.781. The van der Waals surface area contributed by atoms with Gasteiger partial charge < -0.3 is 9.64 Å². The molecule has 0 aliphatic heterocycles. The molecule has 0 atom stereocenters. The molecule has 2 saturated carbocycles. The highest BCUT2D eigenvalue weighted by Crippen LogP contribution is 2.40. The van der Waals surface area contributed by atoms with Gasteiger partial charge in [0.2, 0.25) is 0 Å². The smallest absolute Gasteiger partial charge is 0.351 e. The minimum atomic E-state index is -0.397. The highest BCUT2D eigenvalue weighted by molar-refractivity contribution is 7.18. The molecule has 3 rings (SSSR count). The largest absolute Gasteiger partial charge is 0.465 e. The second-order valence-electron chi connectivity index (χ2n) is 4.93. The number of carbonyl (C=O) groups excluding carboxylic acids is 1. The van der Waals surface area contributed by atoms with Crippen molar-refractivity contribution < 1.29 is 9.53 Å². The molecule has 0 radical (unpaired) electrons. The first-order valence-corrected chi connectivity index (χ1v) is 7.39. The lowest BCUT2D eigenvalue weighted by atomic mass is 10.4. The van der Waals surface area contributed by atoms with Crippen molar-refractivity contribution in [2.45, 2.75) is 31.7 Å². The molecule has 2 fully saturated rings. The van der Waals surface area contributed by atoms with Crippen molar-refractivity contribution in [3.8, 4) is 0 Å². The number of nitrogens with zero attached hydrogens (tertiary/aromatic N) is 2. The van der Waals surface area contributed by atoms with Gasteiger partial charge in [-0.2, -0.15) is 0 Å². The average Bonchev–Trinajstić information content (AvgIpc) is 3.24. The predicted molar refractivity (Wildman–Crippen MR) is 71.6 cm³/mol. The third kappa shape index (κ3) is 2.47. The molecule has 0 amide bonds. The molecule has 18 heavy (non-hydrogen) atoms. The van der Waals surface area contributed by atoms with E-state index in [1.807, 2.05) is 0 Å². The molecule has 6 heteroatoms. The Kier molecular flexibility index (Phi) is 3.20. The SMILES string of the molecule is COC(=O)c1sc(N(CC2CC2)C2CC2)nc1Cl. The van der Waals surface area contributed by atoms with E-state index < -0.39 is 5.97 Å². The number of carbonyl (C=O) groups is 1. The van der Waals surface area contributed by atoms with Crippen LogP contribution in [0.3, 0.4) is 0 Å². The van der Waals surface area contributed by atoms with Gasteiger partial charge in [0, 0.05) is 12.6 Å². The zero-order valence-corrected chi connectivity index (χ0v) is 11.8. The van der Waals surface area contributed by atoms with E-state index in [-0.39, 0.29) is 5.15 Å². The Morgan fingerprint density at radius 2 is 2.22 bits per heavy atom. The summed E-state index contributed by atoms with van der Waals surface area (Å²) in [7, 11) is 1.36. The van der Waals surface area contributed by atoms with Crippen LogP contribution in [0.4, 0.5) is 5.13 Å². The van der Waals surface area contributed by atoms with Crippen molar-refractivity contribution in [2.75, 3.05) is 18.6 Å². The van der Waals surface area contributed by atoms with E-state index in [0.29, 0.717) is 10.9 Å². The standard InChI is InChI=1S/C12H15ClN2O2S/c1-17-11(16)9-10(13)14-12(18-9)15(8-4-5-8)6-7-2-3-7/h7-8H,2-6H2,1H3. The molecule has 0 N–H and O–H groups in total. The molecule has 0 saturated heterocycles. The maximum atomic E-state index is 11.5. The summed E-state index contributed by atoms with van der Waals surface area (Å²) >= 11 is 7.36. The van der Waals surface area contributed by atoms with Crippen molar-refractivity contribution in [1.29, 1.82) is 0 Å². The molecular weight excluding hydrogens is 272 g/mol. The van der Waals surface area contributed by atoms with Crippen molar-refractivity contribution in [3.63, 3.8) is 0 Å². The fourth-order valence-corrected chi connectivity index (χ4v) is 3.26. The molecule has 1 heterocycles. The maximum absolute atomic E-state index is 11.5. The Balaban J connectivity index is 1.82. The molecule has 4 nitrogen and oxygen atoms in total. The summed E-state index contributed by atoms with van der Waals surface area (Å²) in [6.45, 7) is 1.05. The van der Waals surface area contributed by atoms with Gasteiger partial charge in [0.25, 0.3) is 0 Å². The third-order valence-corrected chi connectivity index (χ3v) is 4.79. The fourth-order valence-electron chi connectivity index (χ4n) is 1.98. The number of anilines is 1. The number of hydrogen-bond donors (Lipinski definition) is 0. The van der Waals surface area contributed by atoms with Crippen molar-refractivity contribution >= 4 is 34.0 Å². The lowest BCUT2D eigenvalue weighted by Crippen LogP contribution is -2.27.